The van der Waals surface area contributed by atoms with Crippen molar-refractivity contribution < 1.29 is 23.6 Å². The fourth-order valence-corrected chi connectivity index (χ4v) is 1.98. The fraction of sp³-hybridized carbons (Fsp3) is 0.125. The lowest BCUT2D eigenvalue weighted by atomic mass is 10.1. The molecule has 0 aliphatic heterocycles. The Morgan fingerprint density at radius 1 is 1.19 bits per heavy atom. The van der Waals surface area contributed by atoms with Crippen LogP contribution in [0.5, 0.6) is 5.75 Å². The first-order valence-electron chi connectivity index (χ1n) is 7.35. The van der Waals surface area contributed by atoms with E-state index in [9.17, 15) is 24.1 Å². The van der Waals surface area contributed by atoms with Gasteiger partial charge in [-0.2, -0.15) is 0 Å². The molecule has 0 atom stereocenters. The van der Waals surface area contributed by atoms with E-state index in [1.807, 2.05) is 0 Å². The Morgan fingerprint density at radius 2 is 1.92 bits per heavy atom. The number of nitrogens with zero attached hydrogens (tertiary/aromatic N) is 1. The van der Waals surface area contributed by atoms with Crippen LogP contribution >= 0.6 is 0 Å². The summed E-state index contributed by atoms with van der Waals surface area (Å²) in [5, 5.41) is 13.6. The van der Waals surface area contributed by atoms with Gasteiger partial charge in [0.2, 0.25) is 0 Å². The number of para-hydroxylation sites is 1. The largest absolute Gasteiger partial charge is 0.481 e. The summed E-state index contributed by atoms with van der Waals surface area (Å²) in [7, 11) is 1.51. The second-order valence-electron chi connectivity index (χ2n) is 4.96. The third kappa shape index (κ3) is 4.66. The standard InChI is InChI=1S/C16H15FN4O5/c1-18-12-7-6-10(8-13(12)21(24)25)16(23)20-19-15(22)9-26-14-5-3-2-4-11(14)17/h2-8,18H,9H2,1H3,(H,19,22)(H,20,23). The number of rotatable bonds is 6. The molecule has 0 aliphatic rings. The van der Waals surface area contributed by atoms with E-state index in [2.05, 4.69) is 16.2 Å². The molecule has 2 aromatic carbocycles. The van der Waals surface area contributed by atoms with E-state index in [0.717, 1.165) is 6.07 Å². The minimum absolute atomic E-state index is 0.0222. The number of ether oxygens (including phenoxy) is 1. The maximum atomic E-state index is 13.4. The van der Waals surface area contributed by atoms with Crippen LogP contribution in [0.2, 0.25) is 0 Å². The molecular formula is C16H15FN4O5. The molecule has 9 nitrogen and oxygen atoms in total. The first-order valence-corrected chi connectivity index (χ1v) is 7.35. The zero-order valence-corrected chi connectivity index (χ0v) is 13.6. The number of nitro groups is 1. The number of halogens is 1. The Labute approximate surface area is 147 Å². The monoisotopic (exact) mass is 362 g/mol. The highest BCUT2D eigenvalue weighted by molar-refractivity contribution is 5.96. The number of hydrogen-bond donors (Lipinski definition) is 3. The maximum absolute atomic E-state index is 13.4. The minimum atomic E-state index is -0.755. The van der Waals surface area contributed by atoms with Crippen molar-refractivity contribution in [3.05, 3.63) is 64.0 Å². The number of amides is 2. The van der Waals surface area contributed by atoms with Crippen molar-refractivity contribution in [2.75, 3.05) is 19.0 Å². The molecule has 0 heterocycles. The number of hydrazine groups is 1. The summed E-state index contributed by atoms with van der Waals surface area (Å²) in [6.45, 7) is -0.528. The molecule has 0 radical (unpaired) electrons. The second-order valence-corrected chi connectivity index (χ2v) is 4.96. The molecule has 26 heavy (non-hydrogen) atoms. The van der Waals surface area contributed by atoms with Crippen LogP contribution in [0, 0.1) is 15.9 Å². The van der Waals surface area contributed by atoms with Crippen LogP contribution in [-0.4, -0.2) is 30.4 Å². The van der Waals surface area contributed by atoms with Gasteiger partial charge in [0.15, 0.2) is 18.2 Å². The van der Waals surface area contributed by atoms with Crippen LogP contribution < -0.4 is 20.9 Å². The van der Waals surface area contributed by atoms with Gasteiger partial charge in [0.05, 0.1) is 4.92 Å². The van der Waals surface area contributed by atoms with Gasteiger partial charge < -0.3 is 10.1 Å². The number of hydrogen-bond acceptors (Lipinski definition) is 6. The highest BCUT2D eigenvalue weighted by Crippen LogP contribution is 2.24. The van der Waals surface area contributed by atoms with Crippen molar-refractivity contribution in [3.63, 3.8) is 0 Å². The Balaban J connectivity index is 1.92. The molecule has 2 amide bonds. The molecular weight excluding hydrogens is 347 g/mol. The predicted molar refractivity (Wildman–Crippen MR) is 90.1 cm³/mol. The Morgan fingerprint density at radius 3 is 2.58 bits per heavy atom. The molecule has 0 bridgehead atoms. The topological polar surface area (TPSA) is 123 Å². The summed E-state index contributed by atoms with van der Waals surface area (Å²) < 4.78 is 18.3. The van der Waals surface area contributed by atoms with Gasteiger partial charge in [-0.25, -0.2) is 4.39 Å². The molecule has 0 aromatic heterocycles. The van der Waals surface area contributed by atoms with Gasteiger partial charge in [0.1, 0.15) is 5.69 Å². The average Bonchev–Trinajstić information content (AvgIpc) is 2.64. The summed E-state index contributed by atoms with van der Waals surface area (Å²) in [6.07, 6.45) is 0. The van der Waals surface area contributed by atoms with Crippen molar-refractivity contribution >= 4 is 23.2 Å². The Hall–Kier alpha value is -3.69. The zero-order chi connectivity index (χ0) is 19.1. The van der Waals surface area contributed by atoms with Crippen molar-refractivity contribution in [3.8, 4) is 5.75 Å². The van der Waals surface area contributed by atoms with Gasteiger partial charge in [0.25, 0.3) is 17.5 Å². The molecule has 0 fully saturated rings. The van der Waals surface area contributed by atoms with E-state index in [0.29, 0.717) is 0 Å². The fourth-order valence-electron chi connectivity index (χ4n) is 1.98. The van der Waals surface area contributed by atoms with Gasteiger partial charge in [-0.1, -0.05) is 12.1 Å². The number of nitro benzene ring substituents is 1. The van der Waals surface area contributed by atoms with E-state index >= 15 is 0 Å². The van der Waals surface area contributed by atoms with Gasteiger partial charge in [-0.3, -0.25) is 30.6 Å². The van der Waals surface area contributed by atoms with E-state index in [1.165, 1.54) is 37.4 Å². The number of nitrogens with one attached hydrogen (secondary N) is 3. The lowest BCUT2D eigenvalue weighted by Crippen LogP contribution is -2.43. The Bertz CT molecular complexity index is 843. The van der Waals surface area contributed by atoms with Crippen LogP contribution in [0.25, 0.3) is 0 Å². The lowest BCUT2D eigenvalue weighted by Gasteiger charge is -2.10. The molecule has 2 rings (SSSR count). The average molecular weight is 362 g/mol. The van der Waals surface area contributed by atoms with E-state index in [4.69, 9.17) is 4.74 Å². The number of anilines is 1. The van der Waals surface area contributed by atoms with Crippen molar-refractivity contribution in [2.45, 2.75) is 0 Å². The van der Waals surface area contributed by atoms with Gasteiger partial charge in [0, 0.05) is 18.7 Å². The SMILES string of the molecule is CNc1ccc(C(=O)NNC(=O)COc2ccccc2F)cc1[N+](=O)[O-]. The van der Waals surface area contributed by atoms with Gasteiger partial charge in [-0.15, -0.1) is 0 Å². The second kappa shape index (κ2) is 8.42. The predicted octanol–water partition coefficient (Wildman–Crippen LogP) is 1.62. The quantitative estimate of drug-likeness (QED) is 0.530. The molecule has 0 aliphatic carbocycles. The first kappa shape index (κ1) is 18.6. The normalized spacial score (nSPS) is 9.92. The number of carbonyl (C=O) groups is 2. The van der Waals surface area contributed by atoms with Crippen LogP contribution in [0.1, 0.15) is 10.4 Å². The van der Waals surface area contributed by atoms with Crippen molar-refractivity contribution in [1.29, 1.82) is 0 Å². The molecule has 0 spiro atoms. The molecule has 136 valence electrons. The molecule has 0 saturated heterocycles. The van der Waals surface area contributed by atoms with Crippen LogP contribution in [0.3, 0.4) is 0 Å². The zero-order valence-electron chi connectivity index (χ0n) is 13.6. The molecule has 0 saturated carbocycles. The lowest BCUT2D eigenvalue weighted by molar-refractivity contribution is -0.384. The summed E-state index contributed by atoms with van der Waals surface area (Å²) in [5.74, 6) is -2.22. The Kier molecular flexibility index (Phi) is 6.04. The van der Waals surface area contributed by atoms with Crippen molar-refractivity contribution in [2.24, 2.45) is 0 Å². The van der Waals surface area contributed by atoms with E-state index < -0.39 is 29.2 Å². The molecule has 3 N–H and O–H groups in total. The third-order valence-corrected chi connectivity index (χ3v) is 3.24. The van der Waals surface area contributed by atoms with E-state index in [1.54, 1.807) is 6.07 Å². The van der Waals surface area contributed by atoms with Crippen LogP contribution in [-0.2, 0) is 4.79 Å². The highest BCUT2D eigenvalue weighted by atomic mass is 19.1. The molecule has 2 aromatic rings. The maximum Gasteiger partial charge on any atom is 0.293 e. The molecule has 0 unspecified atom stereocenters. The summed E-state index contributed by atoms with van der Waals surface area (Å²) in [5.41, 5.74) is 4.11. The van der Waals surface area contributed by atoms with Gasteiger partial charge >= 0.3 is 0 Å². The third-order valence-electron chi connectivity index (χ3n) is 3.24. The summed E-state index contributed by atoms with van der Waals surface area (Å²) in [4.78, 5) is 34.0. The van der Waals surface area contributed by atoms with Crippen LogP contribution in [0.15, 0.2) is 42.5 Å². The summed E-state index contributed by atoms with van der Waals surface area (Å²) >= 11 is 0. The summed E-state index contributed by atoms with van der Waals surface area (Å²) in [6, 6.07) is 9.34. The van der Waals surface area contributed by atoms with E-state index in [-0.39, 0.29) is 22.7 Å². The molecule has 10 heteroatoms. The number of carbonyl (C=O) groups excluding carboxylic acids is 2. The smallest absolute Gasteiger partial charge is 0.293 e. The van der Waals surface area contributed by atoms with Gasteiger partial charge in [-0.05, 0) is 24.3 Å². The minimum Gasteiger partial charge on any atom is -0.481 e. The van der Waals surface area contributed by atoms with Crippen LogP contribution in [0.4, 0.5) is 15.8 Å². The highest BCUT2D eigenvalue weighted by Gasteiger charge is 2.17. The first-order chi connectivity index (χ1) is 12.4. The van der Waals surface area contributed by atoms with Crippen molar-refractivity contribution in [1.82, 2.24) is 10.9 Å². The number of benzene rings is 2.